The number of tetrazole rings is 1. The van der Waals surface area contributed by atoms with Crippen molar-refractivity contribution >= 4 is 17.7 Å². The largest absolute Gasteiger partial charge is 0.313 e. The van der Waals surface area contributed by atoms with Gasteiger partial charge in [0.15, 0.2) is 0 Å². The molecule has 1 aromatic heterocycles. The molecule has 1 aromatic carbocycles. The lowest BCUT2D eigenvalue weighted by atomic mass is 10.0. The summed E-state index contributed by atoms with van der Waals surface area (Å²) in [6.07, 6.45) is 9.01. The van der Waals surface area contributed by atoms with Crippen LogP contribution < -0.4 is 0 Å². The van der Waals surface area contributed by atoms with Gasteiger partial charge < -0.3 is 4.90 Å². The first kappa shape index (κ1) is 18.2. The van der Waals surface area contributed by atoms with Crippen LogP contribution in [0.15, 0.2) is 35.1 Å². The molecule has 1 heterocycles. The zero-order valence-corrected chi connectivity index (χ0v) is 16.7. The minimum atomic E-state index is 0.172. The zero-order chi connectivity index (χ0) is 18.8. The van der Waals surface area contributed by atoms with Gasteiger partial charge in [-0.15, -0.1) is 5.10 Å². The van der Waals surface area contributed by atoms with E-state index in [2.05, 4.69) is 51.6 Å². The molecule has 142 valence electrons. The molecule has 0 atom stereocenters. The van der Waals surface area contributed by atoms with E-state index in [1.807, 2.05) is 6.92 Å². The number of hydrogen-bond acceptors (Lipinski definition) is 5. The molecule has 4 rings (SSSR count). The molecule has 0 spiro atoms. The lowest BCUT2D eigenvalue weighted by Crippen LogP contribution is -2.34. The molecule has 0 radical (unpaired) electrons. The number of carbonyl (C=O) groups excluding carboxylic acids is 1. The number of aryl methyl sites for hydroxylation is 2. The summed E-state index contributed by atoms with van der Waals surface area (Å²) in [7, 11) is 0. The highest BCUT2D eigenvalue weighted by Crippen LogP contribution is 2.34. The second-order valence-electron chi connectivity index (χ2n) is 7.39. The minimum absolute atomic E-state index is 0.172. The highest BCUT2D eigenvalue weighted by Gasteiger charge is 2.35. The summed E-state index contributed by atoms with van der Waals surface area (Å²) < 4.78 is 1.74. The maximum Gasteiger partial charge on any atom is 0.237 e. The van der Waals surface area contributed by atoms with Crippen LogP contribution in [0.25, 0.3) is 5.69 Å². The van der Waals surface area contributed by atoms with Gasteiger partial charge in [-0.2, -0.15) is 4.68 Å². The van der Waals surface area contributed by atoms with Crippen molar-refractivity contribution in [2.24, 2.45) is 0 Å². The highest BCUT2D eigenvalue weighted by molar-refractivity contribution is 7.99. The number of hydrogen-bond donors (Lipinski definition) is 0. The first-order chi connectivity index (χ1) is 13.1. The van der Waals surface area contributed by atoms with E-state index in [9.17, 15) is 4.79 Å². The summed E-state index contributed by atoms with van der Waals surface area (Å²) in [5, 5.41) is 12.8. The van der Waals surface area contributed by atoms with Crippen molar-refractivity contribution < 1.29 is 4.79 Å². The van der Waals surface area contributed by atoms with Crippen molar-refractivity contribution in [2.75, 3.05) is 5.75 Å². The molecule has 1 amide bonds. The molecule has 0 saturated heterocycles. The Hall–Kier alpha value is -2.15. The summed E-state index contributed by atoms with van der Waals surface area (Å²) in [5.41, 5.74) is 4.45. The van der Waals surface area contributed by atoms with Crippen LogP contribution >= 0.6 is 11.8 Å². The van der Waals surface area contributed by atoms with Crippen LogP contribution in [0.2, 0.25) is 0 Å². The van der Waals surface area contributed by atoms with Gasteiger partial charge in [0.1, 0.15) is 0 Å². The van der Waals surface area contributed by atoms with E-state index >= 15 is 0 Å². The predicted molar refractivity (Wildman–Crippen MR) is 106 cm³/mol. The number of thioether (sulfide) groups is 1. The smallest absolute Gasteiger partial charge is 0.237 e. The Morgan fingerprint density at radius 1 is 1.30 bits per heavy atom. The number of allylic oxidation sites excluding steroid dienone is 2. The Morgan fingerprint density at radius 3 is 2.89 bits per heavy atom. The molecule has 2 aliphatic rings. The normalized spacial score (nSPS) is 16.9. The Kier molecular flexibility index (Phi) is 5.29. The number of nitrogens with zero attached hydrogens (tertiary/aromatic N) is 5. The van der Waals surface area contributed by atoms with Crippen LogP contribution in [-0.2, 0) is 4.79 Å². The van der Waals surface area contributed by atoms with Gasteiger partial charge in [-0.1, -0.05) is 30.0 Å². The molecular weight excluding hydrogens is 358 g/mol. The van der Waals surface area contributed by atoms with Crippen molar-refractivity contribution in [3.63, 3.8) is 0 Å². The average molecular weight is 384 g/mol. The van der Waals surface area contributed by atoms with Crippen molar-refractivity contribution in [1.82, 2.24) is 25.1 Å². The minimum Gasteiger partial charge on any atom is -0.313 e. The third-order valence-electron chi connectivity index (χ3n) is 5.12. The number of rotatable bonds is 6. The number of benzene rings is 1. The van der Waals surface area contributed by atoms with Crippen molar-refractivity contribution in [2.45, 2.75) is 63.6 Å². The molecule has 1 fully saturated rings. The molecule has 0 N–H and O–H groups in total. The standard InChI is InChI=1S/C20H25N5OS/c1-14-8-9-15(2)18(12-14)25-20(21-22-23-25)27-13-19(26)24(17-10-11-17)16-6-4-3-5-7-16/h6,8-9,12,17H,3-5,7,10-11,13H2,1-2H3. The topological polar surface area (TPSA) is 63.9 Å². The first-order valence-corrected chi connectivity index (χ1v) is 10.6. The molecule has 7 heteroatoms. The summed E-state index contributed by atoms with van der Waals surface area (Å²) in [5.74, 6) is 0.533. The van der Waals surface area contributed by atoms with Gasteiger partial charge in [0.05, 0.1) is 11.4 Å². The maximum atomic E-state index is 13.0. The molecular formula is C20H25N5OS. The molecule has 2 aliphatic carbocycles. The molecule has 0 bridgehead atoms. The third kappa shape index (κ3) is 4.08. The zero-order valence-electron chi connectivity index (χ0n) is 15.9. The van der Waals surface area contributed by atoms with Crippen LogP contribution in [0.5, 0.6) is 0 Å². The second-order valence-corrected chi connectivity index (χ2v) is 8.33. The fourth-order valence-electron chi connectivity index (χ4n) is 3.53. The second kappa shape index (κ2) is 7.84. The van der Waals surface area contributed by atoms with E-state index in [4.69, 9.17) is 0 Å². The maximum absolute atomic E-state index is 13.0. The molecule has 27 heavy (non-hydrogen) atoms. The van der Waals surface area contributed by atoms with Gasteiger partial charge in [-0.05, 0) is 80.0 Å². The van der Waals surface area contributed by atoms with Crippen LogP contribution in [-0.4, -0.2) is 42.8 Å². The van der Waals surface area contributed by atoms with Crippen molar-refractivity contribution in [3.8, 4) is 5.69 Å². The lowest BCUT2D eigenvalue weighted by Gasteiger charge is -2.27. The third-order valence-corrected chi connectivity index (χ3v) is 6.02. The van der Waals surface area contributed by atoms with Gasteiger partial charge in [-0.3, -0.25) is 4.79 Å². The van der Waals surface area contributed by atoms with E-state index in [0.29, 0.717) is 17.0 Å². The first-order valence-electron chi connectivity index (χ1n) is 9.63. The fraction of sp³-hybridized carbons (Fsp3) is 0.500. The monoisotopic (exact) mass is 383 g/mol. The number of carbonyl (C=O) groups is 1. The Morgan fingerprint density at radius 2 is 2.15 bits per heavy atom. The summed E-state index contributed by atoms with van der Waals surface area (Å²) in [4.78, 5) is 15.0. The number of aromatic nitrogens is 4. The van der Waals surface area contributed by atoms with Crippen LogP contribution in [0.3, 0.4) is 0 Å². The summed E-state index contributed by atoms with van der Waals surface area (Å²) in [6.45, 7) is 4.09. The van der Waals surface area contributed by atoms with Gasteiger partial charge in [0.25, 0.3) is 0 Å². The van der Waals surface area contributed by atoms with E-state index in [-0.39, 0.29) is 5.91 Å². The van der Waals surface area contributed by atoms with Gasteiger partial charge in [0, 0.05) is 11.7 Å². The fourth-order valence-corrected chi connectivity index (χ4v) is 4.28. The molecule has 1 saturated carbocycles. The van der Waals surface area contributed by atoms with E-state index < -0.39 is 0 Å². The number of amides is 1. The van der Waals surface area contributed by atoms with E-state index in [1.54, 1.807) is 4.68 Å². The van der Waals surface area contributed by atoms with E-state index in [0.717, 1.165) is 42.5 Å². The Bertz CT molecular complexity index is 871. The van der Waals surface area contributed by atoms with Crippen molar-refractivity contribution in [1.29, 1.82) is 0 Å². The Balaban J connectivity index is 1.49. The van der Waals surface area contributed by atoms with Crippen LogP contribution in [0, 0.1) is 13.8 Å². The molecule has 2 aromatic rings. The molecule has 0 unspecified atom stereocenters. The van der Waals surface area contributed by atoms with Gasteiger partial charge >= 0.3 is 0 Å². The lowest BCUT2D eigenvalue weighted by molar-refractivity contribution is -0.127. The average Bonchev–Trinajstić information content (AvgIpc) is 3.39. The van der Waals surface area contributed by atoms with E-state index in [1.165, 1.54) is 30.3 Å². The quantitative estimate of drug-likeness (QED) is 0.710. The van der Waals surface area contributed by atoms with Crippen molar-refractivity contribution in [3.05, 3.63) is 41.1 Å². The summed E-state index contributed by atoms with van der Waals surface area (Å²) >= 11 is 1.42. The summed E-state index contributed by atoms with van der Waals surface area (Å²) in [6, 6.07) is 6.61. The van der Waals surface area contributed by atoms with Crippen LogP contribution in [0.4, 0.5) is 0 Å². The molecule has 0 aliphatic heterocycles. The van der Waals surface area contributed by atoms with Crippen LogP contribution in [0.1, 0.15) is 49.7 Å². The highest BCUT2D eigenvalue weighted by atomic mass is 32.2. The Labute approximate surface area is 164 Å². The van der Waals surface area contributed by atoms with Gasteiger partial charge in [0.2, 0.25) is 11.1 Å². The SMILES string of the molecule is Cc1ccc(C)c(-n2nnnc2SCC(=O)N(C2=CCCCC2)C2CC2)c1. The predicted octanol–water partition coefficient (Wildman–Crippen LogP) is 3.82. The molecule has 6 nitrogen and oxygen atoms in total. The van der Waals surface area contributed by atoms with Gasteiger partial charge in [-0.25, -0.2) is 0 Å².